The first-order valence-corrected chi connectivity index (χ1v) is 10.7. The number of aliphatic hydroxyl groups is 1. The van der Waals surface area contributed by atoms with Gasteiger partial charge in [-0.2, -0.15) is 13.2 Å². The first-order valence-electron chi connectivity index (χ1n) is 9.92. The molecular weight excluding hydrogens is 500 g/mol. The molecule has 8 nitrogen and oxygen atoms in total. The van der Waals surface area contributed by atoms with Gasteiger partial charge >= 0.3 is 12.1 Å². The van der Waals surface area contributed by atoms with Crippen LogP contribution in [0.1, 0.15) is 23.9 Å². The van der Waals surface area contributed by atoms with E-state index in [9.17, 15) is 22.7 Å². The smallest absolute Gasteiger partial charge is 0.443 e. The van der Waals surface area contributed by atoms with Gasteiger partial charge in [-0.05, 0) is 18.2 Å². The molecule has 0 spiro atoms. The third-order valence-electron chi connectivity index (χ3n) is 5.79. The van der Waals surface area contributed by atoms with Crippen LogP contribution in [0.5, 0.6) is 0 Å². The number of hydrogen-bond donors (Lipinski definition) is 3. The summed E-state index contributed by atoms with van der Waals surface area (Å²) in [4.78, 5) is 7.88. The summed E-state index contributed by atoms with van der Waals surface area (Å²) >= 11 is 3.27. The molecular formula is C19H19BrF4N6O2. The van der Waals surface area contributed by atoms with E-state index < -0.39 is 30.8 Å². The van der Waals surface area contributed by atoms with Crippen LogP contribution in [-0.2, 0) is 11.3 Å². The lowest BCUT2D eigenvalue weighted by Gasteiger charge is -2.41. The largest absolute Gasteiger partial charge is 0.470 e. The van der Waals surface area contributed by atoms with Gasteiger partial charge in [0.15, 0.2) is 0 Å². The van der Waals surface area contributed by atoms with Crippen LogP contribution in [-0.4, -0.2) is 63.6 Å². The average Bonchev–Trinajstić information content (AvgIpc) is 3.29. The number of aromatic nitrogens is 1. The molecule has 172 valence electrons. The Bertz CT molecular complexity index is 995. The van der Waals surface area contributed by atoms with Crippen molar-refractivity contribution in [3.63, 3.8) is 0 Å². The van der Waals surface area contributed by atoms with Crippen LogP contribution in [0.2, 0.25) is 0 Å². The van der Waals surface area contributed by atoms with Crippen molar-refractivity contribution in [2.75, 3.05) is 13.1 Å². The fraction of sp³-hybridized carbons (Fsp3) is 0.474. The molecule has 4 aliphatic rings. The molecule has 13 heteroatoms. The van der Waals surface area contributed by atoms with Crippen molar-refractivity contribution in [3.8, 4) is 0 Å². The fourth-order valence-electron chi connectivity index (χ4n) is 4.02. The predicted molar refractivity (Wildman–Crippen MR) is 108 cm³/mol. The summed E-state index contributed by atoms with van der Waals surface area (Å²) in [6.07, 6.45) is -4.72. The summed E-state index contributed by atoms with van der Waals surface area (Å²) in [5.41, 5.74) is 4.69. The van der Waals surface area contributed by atoms with E-state index in [2.05, 4.69) is 36.8 Å². The van der Waals surface area contributed by atoms with Crippen LogP contribution in [0.4, 0.5) is 17.6 Å². The molecule has 1 aliphatic carbocycles. The minimum Gasteiger partial charge on any atom is -0.443 e. The zero-order valence-electron chi connectivity index (χ0n) is 16.5. The zero-order chi connectivity index (χ0) is 22.6. The normalized spacial score (nSPS) is 28.1. The number of hydrogen-bond acceptors (Lipinski definition) is 8. The van der Waals surface area contributed by atoms with Crippen molar-refractivity contribution < 1.29 is 27.4 Å². The molecule has 4 heterocycles. The Morgan fingerprint density at radius 1 is 1.28 bits per heavy atom. The second-order valence-electron chi connectivity index (χ2n) is 7.85. The van der Waals surface area contributed by atoms with Crippen molar-refractivity contribution in [2.24, 2.45) is 5.10 Å². The summed E-state index contributed by atoms with van der Waals surface area (Å²) in [6.45, 7) is 1.64. The molecule has 1 fully saturated rings. The molecule has 0 amide bonds. The molecule has 0 bridgehead atoms. The van der Waals surface area contributed by atoms with Gasteiger partial charge in [-0.1, -0.05) is 15.9 Å². The third kappa shape index (κ3) is 3.71. The van der Waals surface area contributed by atoms with Crippen LogP contribution in [0, 0.1) is 0 Å². The van der Waals surface area contributed by atoms with Gasteiger partial charge < -0.3 is 25.0 Å². The number of hydrazone groups is 1. The Balaban J connectivity index is 1.32. The summed E-state index contributed by atoms with van der Waals surface area (Å²) in [5.74, 6) is -1.34. The zero-order valence-corrected chi connectivity index (χ0v) is 18.1. The van der Waals surface area contributed by atoms with Crippen LogP contribution >= 0.6 is 15.9 Å². The molecule has 32 heavy (non-hydrogen) atoms. The van der Waals surface area contributed by atoms with Crippen LogP contribution in [0.15, 0.2) is 45.4 Å². The van der Waals surface area contributed by atoms with Gasteiger partial charge in [-0.3, -0.25) is 10.4 Å². The minimum atomic E-state index is -4.67. The molecule has 0 radical (unpaired) electrons. The second-order valence-corrected chi connectivity index (χ2v) is 8.77. The fourth-order valence-corrected chi connectivity index (χ4v) is 4.40. The molecule has 3 aliphatic heterocycles. The quantitative estimate of drug-likeness (QED) is 0.526. The monoisotopic (exact) mass is 518 g/mol. The lowest BCUT2D eigenvalue weighted by atomic mass is 10.0. The summed E-state index contributed by atoms with van der Waals surface area (Å²) < 4.78 is 57.7. The Hall–Kier alpha value is -2.38. The maximum atomic E-state index is 14.4. The molecule has 1 aromatic rings. The molecule has 1 saturated heterocycles. The Kier molecular flexibility index (Phi) is 5.29. The van der Waals surface area contributed by atoms with E-state index in [0.29, 0.717) is 21.4 Å². The van der Waals surface area contributed by atoms with Crippen molar-refractivity contribution in [3.05, 3.63) is 51.5 Å². The molecule has 3 N–H and O–H groups in total. The van der Waals surface area contributed by atoms with E-state index in [0.717, 1.165) is 18.8 Å². The summed E-state index contributed by atoms with van der Waals surface area (Å²) in [5, 5.41) is 17.4. The van der Waals surface area contributed by atoms with E-state index >= 15 is 0 Å². The molecule has 3 unspecified atom stereocenters. The number of aliphatic hydroxyl groups excluding tert-OH is 1. The van der Waals surface area contributed by atoms with Gasteiger partial charge in [0.25, 0.3) is 0 Å². The second kappa shape index (κ2) is 7.89. The third-order valence-corrected chi connectivity index (χ3v) is 6.51. The molecule has 3 atom stereocenters. The van der Waals surface area contributed by atoms with E-state index in [-0.39, 0.29) is 19.0 Å². The van der Waals surface area contributed by atoms with Crippen molar-refractivity contribution in [1.29, 1.82) is 0 Å². The summed E-state index contributed by atoms with van der Waals surface area (Å²) in [7, 11) is 0. The van der Waals surface area contributed by atoms with Crippen LogP contribution < -0.4 is 10.7 Å². The average molecular weight is 519 g/mol. The maximum absolute atomic E-state index is 14.4. The van der Waals surface area contributed by atoms with Gasteiger partial charge in [0.2, 0.25) is 12.6 Å². The van der Waals surface area contributed by atoms with Gasteiger partial charge in [0.05, 0.1) is 24.0 Å². The van der Waals surface area contributed by atoms with Crippen LogP contribution in [0.25, 0.3) is 0 Å². The lowest BCUT2D eigenvalue weighted by Crippen LogP contribution is -2.59. The van der Waals surface area contributed by atoms with E-state index in [1.165, 1.54) is 6.20 Å². The molecule has 5 rings (SSSR count). The molecule has 1 aromatic heterocycles. The lowest BCUT2D eigenvalue weighted by molar-refractivity contribution is -0.0839. The summed E-state index contributed by atoms with van der Waals surface area (Å²) in [6, 6.07) is 3.31. The number of ether oxygens (including phenoxy) is 1. The number of allylic oxidation sites excluding steroid dienone is 3. The van der Waals surface area contributed by atoms with Crippen molar-refractivity contribution in [2.45, 2.75) is 43.9 Å². The Morgan fingerprint density at radius 2 is 2.06 bits per heavy atom. The SMILES string of the molecule is OC1N(Cc2ccc(C3NN=C(C(F)(F)F)O3)cn2)C2=C(C=C(Br)C(F)C2)N1C1CNC1. The van der Waals surface area contributed by atoms with Crippen LogP contribution in [0.3, 0.4) is 0 Å². The highest BCUT2D eigenvalue weighted by atomic mass is 79.9. The topological polar surface area (TPSA) is 85.2 Å². The van der Waals surface area contributed by atoms with E-state index in [1.807, 2.05) is 4.90 Å². The highest BCUT2D eigenvalue weighted by Gasteiger charge is 2.45. The minimum absolute atomic E-state index is 0.0939. The van der Waals surface area contributed by atoms with Gasteiger partial charge in [0.1, 0.15) is 6.17 Å². The number of nitrogens with one attached hydrogen (secondary N) is 2. The standard InChI is InChI=1S/C19H19BrF4N6O2/c20-12-3-15-14(4-13(12)21)29(18(31)30(15)11-6-25-7-11)8-10-2-1-9(5-26-10)16-27-28-17(32-16)19(22,23)24/h1-3,5,11,13,16,18,25,27,31H,4,6-8H2. The first-order chi connectivity index (χ1) is 15.2. The Labute approximate surface area is 188 Å². The van der Waals surface area contributed by atoms with E-state index in [1.54, 1.807) is 23.1 Å². The molecule has 0 aromatic carbocycles. The van der Waals surface area contributed by atoms with Gasteiger partial charge in [0, 0.05) is 41.5 Å². The Morgan fingerprint density at radius 3 is 2.66 bits per heavy atom. The number of alkyl halides is 4. The molecule has 0 saturated carbocycles. The van der Waals surface area contributed by atoms with Gasteiger partial charge in [-0.25, -0.2) is 4.39 Å². The predicted octanol–water partition coefficient (Wildman–Crippen LogP) is 2.17. The number of rotatable bonds is 4. The van der Waals surface area contributed by atoms with E-state index in [4.69, 9.17) is 4.74 Å². The highest BCUT2D eigenvalue weighted by Crippen LogP contribution is 2.41. The maximum Gasteiger partial charge on any atom is 0.470 e. The van der Waals surface area contributed by atoms with Crippen molar-refractivity contribution in [1.82, 2.24) is 25.5 Å². The number of pyridine rings is 1. The first kappa shape index (κ1) is 21.5. The van der Waals surface area contributed by atoms with Crippen molar-refractivity contribution >= 4 is 21.8 Å². The van der Waals surface area contributed by atoms with Gasteiger partial charge in [-0.15, -0.1) is 5.10 Å². The number of nitrogens with zero attached hydrogens (tertiary/aromatic N) is 4. The highest BCUT2D eigenvalue weighted by molar-refractivity contribution is 9.11. The number of halogens is 5.